The molecule has 3 atom stereocenters. The van der Waals surface area contributed by atoms with E-state index in [1.54, 1.807) is 0 Å². The Morgan fingerprint density at radius 1 is 1.29 bits per heavy atom. The molecule has 2 fully saturated rings. The zero-order valence-electron chi connectivity index (χ0n) is 13.2. The van der Waals surface area contributed by atoms with Gasteiger partial charge in [0.25, 0.3) is 0 Å². The molecule has 2 aliphatic heterocycles. The van der Waals surface area contributed by atoms with Gasteiger partial charge in [0, 0.05) is 19.1 Å². The summed E-state index contributed by atoms with van der Waals surface area (Å²) >= 11 is 0. The normalized spacial score (nSPS) is 30.1. The molecular formula is C14H26N2O4S. The third kappa shape index (κ3) is 3.96. The molecule has 122 valence electrons. The minimum atomic E-state index is -3.26. The van der Waals surface area contributed by atoms with E-state index < -0.39 is 10.0 Å². The van der Waals surface area contributed by atoms with Crippen molar-refractivity contribution in [2.24, 2.45) is 11.8 Å². The molecule has 2 heterocycles. The average molecular weight is 318 g/mol. The fraction of sp³-hybridized carbons (Fsp3) is 0.929. The third-order valence-electron chi connectivity index (χ3n) is 3.83. The molecule has 2 rings (SSSR count). The van der Waals surface area contributed by atoms with Gasteiger partial charge in [0.1, 0.15) is 0 Å². The van der Waals surface area contributed by atoms with Gasteiger partial charge < -0.3 is 10.1 Å². The molecule has 0 aromatic carbocycles. The first-order valence-corrected chi connectivity index (χ1v) is 9.23. The number of morpholine rings is 1. The van der Waals surface area contributed by atoms with Crippen LogP contribution < -0.4 is 5.32 Å². The van der Waals surface area contributed by atoms with Gasteiger partial charge in [0.2, 0.25) is 15.9 Å². The Morgan fingerprint density at radius 3 is 2.52 bits per heavy atom. The van der Waals surface area contributed by atoms with Gasteiger partial charge in [-0.25, -0.2) is 8.42 Å². The van der Waals surface area contributed by atoms with E-state index in [2.05, 4.69) is 5.32 Å². The van der Waals surface area contributed by atoms with Crippen LogP contribution in [0.3, 0.4) is 0 Å². The average Bonchev–Trinajstić information content (AvgIpc) is 2.61. The lowest BCUT2D eigenvalue weighted by Gasteiger charge is -2.32. The summed E-state index contributed by atoms with van der Waals surface area (Å²) in [6, 6.07) is 0.0822. The molecule has 1 N–H and O–H groups in total. The van der Waals surface area contributed by atoms with Gasteiger partial charge in [0.05, 0.1) is 23.9 Å². The van der Waals surface area contributed by atoms with Crippen LogP contribution in [-0.2, 0) is 19.6 Å². The fourth-order valence-electron chi connectivity index (χ4n) is 3.04. The summed E-state index contributed by atoms with van der Waals surface area (Å²) in [7, 11) is -3.26. The predicted octanol–water partition coefficient (Wildman–Crippen LogP) is 0.586. The van der Waals surface area contributed by atoms with Crippen LogP contribution in [0.4, 0.5) is 0 Å². The van der Waals surface area contributed by atoms with Gasteiger partial charge in [-0.05, 0) is 26.2 Å². The van der Waals surface area contributed by atoms with Crippen molar-refractivity contribution in [1.29, 1.82) is 0 Å². The number of hydrogen-bond acceptors (Lipinski definition) is 4. The van der Waals surface area contributed by atoms with Gasteiger partial charge in [-0.2, -0.15) is 4.31 Å². The highest BCUT2D eigenvalue weighted by molar-refractivity contribution is 7.89. The van der Waals surface area contributed by atoms with E-state index in [1.165, 1.54) is 4.31 Å². The van der Waals surface area contributed by atoms with Crippen molar-refractivity contribution in [2.45, 2.75) is 52.4 Å². The number of fused-ring (bicyclic) bond motifs is 2. The van der Waals surface area contributed by atoms with Gasteiger partial charge in [-0.3, -0.25) is 4.79 Å². The summed E-state index contributed by atoms with van der Waals surface area (Å²) in [4.78, 5) is 12.2. The van der Waals surface area contributed by atoms with Crippen LogP contribution in [0, 0.1) is 11.8 Å². The van der Waals surface area contributed by atoms with Gasteiger partial charge in [-0.15, -0.1) is 0 Å². The summed E-state index contributed by atoms with van der Waals surface area (Å²) in [6.45, 7) is 8.29. The SMILES string of the molecule is CC(C)CS(=O)(=O)N1C[C@@H]2C[C@@H](C(=O)NC(C)C)[C@H](C1)O2. The van der Waals surface area contributed by atoms with Crippen LogP contribution in [0.2, 0.25) is 0 Å². The maximum atomic E-state index is 12.3. The number of sulfonamides is 1. The van der Waals surface area contributed by atoms with E-state index in [0.717, 1.165) is 0 Å². The Hall–Kier alpha value is -0.660. The minimum Gasteiger partial charge on any atom is -0.371 e. The quantitative estimate of drug-likeness (QED) is 0.805. The highest BCUT2D eigenvalue weighted by Gasteiger charge is 2.47. The van der Waals surface area contributed by atoms with E-state index in [-0.39, 0.29) is 41.7 Å². The molecule has 0 unspecified atom stereocenters. The second-order valence-corrected chi connectivity index (χ2v) is 8.80. The Bertz CT molecular complexity index is 489. The first-order chi connectivity index (χ1) is 9.69. The maximum absolute atomic E-state index is 12.3. The van der Waals surface area contributed by atoms with Crippen LogP contribution >= 0.6 is 0 Å². The minimum absolute atomic E-state index is 0.0272. The van der Waals surface area contributed by atoms with Crippen LogP contribution in [-0.4, -0.2) is 55.7 Å². The summed E-state index contributed by atoms with van der Waals surface area (Å²) in [6.07, 6.45) is 0.134. The van der Waals surface area contributed by atoms with Crippen molar-refractivity contribution >= 4 is 15.9 Å². The molecule has 6 nitrogen and oxygen atoms in total. The molecule has 2 bridgehead atoms. The van der Waals surface area contributed by atoms with Gasteiger partial charge >= 0.3 is 0 Å². The van der Waals surface area contributed by atoms with Crippen LogP contribution in [0.1, 0.15) is 34.1 Å². The zero-order chi connectivity index (χ0) is 15.8. The van der Waals surface area contributed by atoms with Crippen molar-refractivity contribution in [3.8, 4) is 0 Å². The Kier molecular flexibility index (Phi) is 4.95. The standard InChI is InChI=1S/C14H26N2O4S/c1-9(2)8-21(18,19)16-6-11-5-12(13(7-16)20-11)14(17)15-10(3)4/h9-13H,5-8H2,1-4H3,(H,15,17)/t11-,12+,13-/m0/s1. The number of nitrogens with one attached hydrogen (secondary N) is 1. The fourth-order valence-corrected chi connectivity index (χ4v) is 4.86. The van der Waals surface area contributed by atoms with Crippen LogP contribution in [0.25, 0.3) is 0 Å². The third-order valence-corrected chi connectivity index (χ3v) is 6.00. The topological polar surface area (TPSA) is 75.7 Å². The van der Waals surface area contributed by atoms with Crippen molar-refractivity contribution in [1.82, 2.24) is 9.62 Å². The number of rotatable bonds is 5. The van der Waals surface area contributed by atoms with Crippen molar-refractivity contribution in [3.05, 3.63) is 0 Å². The molecule has 0 aromatic rings. The molecule has 0 aromatic heterocycles. The number of amides is 1. The maximum Gasteiger partial charge on any atom is 0.226 e. The van der Waals surface area contributed by atoms with Gasteiger partial charge in [-0.1, -0.05) is 13.8 Å². The highest BCUT2D eigenvalue weighted by atomic mass is 32.2. The van der Waals surface area contributed by atoms with E-state index in [0.29, 0.717) is 19.5 Å². The first kappa shape index (κ1) is 16.7. The number of ether oxygens (including phenoxy) is 1. The molecule has 2 aliphatic rings. The number of hydrogen-bond donors (Lipinski definition) is 1. The van der Waals surface area contributed by atoms with Crippen LogP contribution in [0.15, 0.2) is 0 Å². The van der Waals surface area contributed by atoms with E-state index in [1.807, 2.05) is 27.7 Å². The first-order valence-electron chi connectivity index (χ1n) is 7.62. The molecule has 1 amide bonds. The number of carbonyl (C=O) groups excluding carboxylic acids is 1. The highest BCUT2D eigenvalue weighted by Crippen LogP contribution is 2.33. The lowest BCUT2D eigenvalue weighted by molar-refractivity contribution is -0.127. The van der Waals surface area contributed by atoms with Gasteiger partial charge in [0.15, 0.2) is 0 Å². The lowest BCUT2D eigenvalue weighted by Crippen LogP contribution is -2.49. The van der Waals surface area contributed by atoms with E-state index >= 15 is 0 Å². The molecular weight excluding hydrogens is 292 g/mol. The number of carbonyl (C=O) groups is 1. The molecule has 0 saturated carbocycles. The zero-order valence-corrected chi connectivity index (χ0v) is 14.0. The second kappa shape index (κ2) is 6.22. The van der Waals surface area contributed by atoms with E-state index in [9.17, 15) is 13.2 Å². The Labute approximate surface area is 127 Å². The summed E-state index contributed by atoms with van der Waals surface area (Å²) in [5, 5.41) is 2.90. The molecule has 21 heavy (non-hydrogen) atoms. The lowest BCUT2D eigenvalue weighted by atomic mass is 9.99. The number of nitrogens with zero attached hydrogens (tertiary/aromatic N) is 1. The molecule has 0 spiro atoms. The summed E-state index contributed by atoms with van der Waals surface area (Å²) in [5.41, 5.74) is 0. The largest absolute Gasteiger partial charge is 0.371 e. The second-order valence-electron chi connectivity index (χ2n) is 6.79. The summed E-state index contributed by atoms with van der Waals surface area (Å²) in [5.74, 6) is -0.0252. The monoisotopic (exact) mass is 318 g/mol. The molecule has 0 aliphatic carbocycles. The Balaban J connectivity index is 2.04. The smallest absolute Gasteiger partial charge is 0.226 e. The molecule has 7 heteroatoms. The van der Waals surface area contributed by atoms with Crippen molar-refractivity contribution in [3.63, 3.8) is 0 Å². The van der Waals surface area contributed by atoms with Crippen LogP contribution in [0.5, 0.6) is 0 Å². The van der Waals surface area contributed by atoms with Crippen molar-refractivity contribution in [2.75, 3.05) is 18.8 Å². The van der Waals surface area contributed by atoms with E-state index in [4.69, 9.17) is 4.74 Å². The molecule has 0 radical (unpaired) electrons. The predicted molar refractivity (Wildman–Crippen MR) is 80.2 cm³/mol. The Morgan fingerprint density at radius 2 is 1.95 bits per heavy atom. The summed E-state index contributed by atoms with van der Waals surface area (Å²) < 4.78 is 32.0. The van der Waals surface area contributed by atoms with Crippen molar-refractivity contribution < 1.29 is 17.9 Å². The molecule has 2 saturated heterocycles.